The SMILES string of the molecule is NCc1cc2cc(Br)cc(Br)c2o1. The summed E-state index contributed by atoms with van der Waals surface area (Å²) in [7, 11) is 0. The maximum Gasteiger partial charge on any atom is 0.148 e. The quantitative estimate of drug-likeness (QED) is 0.877. The number of nitrogens with two attached hydrogens (primary N) is 1. The monoisotopic (exact) mass is 303 g/mol. The van der Waals surface area contributed by atoms with Crippen LogP contribution in [0.2, 0.25) is 0 Å². The molecule has 2 rings (SSSR count). The molecule has 1 aromatic carbocycles. The lowest BCUT2D eigenvalue weighted by Gasteiger charge is -1.93. The van der Waals surface area contributed by atoms with Gasteiger partial charge >= 0.3 is 0 Å². The molecule has 0 aliphatic rings. The first-order chi connectivity index (χ1) is 6.20. The van der Waals surface area contributed by atoms with Crippen molar-refractivity contribution in [2.24, 2.45) is 5.73 Å². The molecule has 0 atom stereocenters. The van der Waals surface area contributed by atoms with Gasteiger partial charge in [0.2, 0.25) is 0 Å². The van der Waals surface area contributed by atoms with E-state index in [4.69, 9.17) is 10.2 Å². The smallest absolute Gasteiger partial charge is 0.148 e. The first-order valence-corrected chi connectivity index (χ1v) is 5.37. The van der Waals surface area contributed by atoms with Crippen LogP contribution in [0.4, 0.5) is 0 Å². The van der Waals surface area contributed by atoms with Crippen molar-refractivity contribution in [1.82, 2.24) is 0 Å². The molecule has 0 saturated heterocycles. The zero-order valence-corrected chi connectivity index (χ0v) is 9.85. The molecule has 0 saturated carbocycles. The number of halogens is 2. The first-order valence-electron chi connectivity index (χ1n) is 3.78. The van der Waals surface area contributed by atoms with E-state index in [0.29, 0.717) is 6.54 Å². The predicted octanol–water partition coefficient (Wildman–Crippen LogP) is 3.42. The van der Waals surface area contributed by atoms with Gasteiger partial charge in [0.1, 0.15) is 11.3 Å². The van der Waals surface area contributed by atoms with Crippen molar-refractivity contribution in [2.45, 2.75) is 6.54 Å². The third-order valence-electron chi connectivity index (χ3n) is 1.79. The van der Waals surface area contributed by atoms with Gasteiger partial charge in [0.15, 0.2) is 0 Å². The molecular weight excluding hydrogens is 298 g/mol. The van der Waals surface area contributed by atoms with Crippen molar-refractivity contribution >= 4 is 42.8 Å². The van der Waals surface area contributed by atoms with Crippen LogP contribution < -0.4 is 5.73 Å². The fourth-order valence-corrected chi connectivity index (χ4v) is 2.57. The van der Waals surface area contributed by atoms with Crippen LogP contribution in [0, 0.1) is 0 Å². The standard InChI is InChI=1S/C9H7Br2NO/c10-6-1-5-2-7(4-12)13-9(5)8(11)3-6/h1-3H,4,12H2. The Kier molecular flexibility index (Phi) is 2.45. The van der Waals surface area contributed by atoms with Crippen LogP contribution in [0.5, 0.6) is 0 Å². The van der Waals surface area contributed by atoms with Crippen molar-refractivity contribution in [3.63, 3.8) is 0 Å². The summed E-state index contributed by atoms with van der Waals surface area (Å²) in [5, 5.41) is 1.06. The van der Waals surface area contributed by atoms with Crippen molar-refractivity contribution < 1.29 is 4.42 Å². The molecule has 0 aliphatic heterocycles. The van der Waals surface area contributed by atoms with Gasteiger partial charge in [0.05, 0.1) is 11.0 Å². The first kappa shape index (κ1) is 9.24. The largest absolute Gasteiger partial charge is 0.459 e. The fraction of sp³-hybridized carbons (Fsp3) is 0.111. The van der Waals surface area contributed by atoms with Crippen molar-refractivity contribution in [1.29, 1.82) is 0 Å². The molecule has 1 heterocycles. The number of rotatable bonds is 1. The van der Waals surface area contributed by atoms with E-state index in [1.54, 1.807) is 0 Å². The van der Waals surface area contributed by atoms with E-state index in [-0.39, 0.29) is 0 Å². The molecule has 1 aromatic heterocycles. The van der Waals surface area contributed by atoms with Crippen LogP contribution in [-0.4, -0.2) is 0 Å². The molecule has 68 valence electrons. The highest BCUT2D eigenvalue weighted by Crippen LogP contribution is 2.30. The summed E-state index contributed by atoms with van der Waals surface area (Å²) in [5.74, 6) is 0.800. The summed E-state index contributed by atoms with van der Waals surface area (Å²) in [6.45, 7) is 0.429. The van der Waals surface area contributed by atoms with Crippen LogP contribution in [0.1, 0.15) is 5.76 Å². The highest BCUT2D eigenvalue weighted by atomic mass is 79.9. The van der Waals surface area contributed by atoms with E-state index >= 15 is 0 Å². The Bertz CT molecular complexity index is 450. The molecular formula is C9H7Br2NO. The Balaban J connectivity index is 2.75. The average molecular weight is 305 g/mol. The Labute approximate surface area is 92.3 Å². The summed E-state index contributed by atoms with van der Waals surface area (Å²) in [6.07, 6.45) is 0. The molecule has 0 aliphatic carbocycles. The maximum absolute atomic E-state index is 5.51. The minimum Gasteiger partial charge on any atom is -0.459 e. The fourth-order valence-electron chi connectivity index (χ4n) is 1.23. The van der Waals surface area contributed by atoms with E-state index < -0.39 is 0 Å². The lowest BCUT2D eigenvalue weighted by atomic mass is 10.2. The molecule has 4 heteroatoms. The Morgan fingerprint density at radius 3 is 2.69 bits per heavy atom. The van der Waals surface area contributed by atoms with E-state index in [9.17, 15) is 0 Å². The summed E-state index contributed by atoms with van der Waals surface area (Å²) in [4.78, 5) is 0. The van der Waals surface area contributed by atoms with Crippen molar-refractivity contribution in [3.05, 3.63) is 32.9 Å². The minimum absolute atomic E-state index is 0.429. The maximum atomic E-state index is 5.51. The Hall–Kier alpha value is -0.320. The number of hydrogen-bond acceptors (Lipinski definition) is 2. The molecule has 2 N–H and O–H groups in total. The Morgan fingerprint density at radius 1 is 1.23 bits per heavy atom. The second kappa shape index (κ2) is 3.44. The lowest BCUT2D eigenvalue weighted by Crippen LogP contribution is -1.92. The van der Waals surface area contributed by atoms with Gasteiger partial charge in [0, 0.05) is 9.86 Å². The summed E-state index contributed by atoms with van der Waals surface area (Å²) in [5.41, 5.74) is 6.33. The molecule has 0 amide bonds. The second-order valence-corrected chi connectivity index (χ2v) is 4.49. The summed E-state index contributed by atoms with van der Waals surface area (Å²) >= 11 is 6.84. The van der Waals surface area contributed by atoms with E-state index in [1.165, 1.54) is 0 Å². The van der Waals surface area contributed by atoms with Crippen LogP contribution in [0.3, 0.4) is 0 Å². The van der Waals surface area contributed by atoms with Gasteiger partial charge in [-0.25, -0.2) is 0 Å². The van der Waals surface area contributed by atoms with Crippen molar-refractivity contribution in [3.8, 4) is 0 Å². The highest BCUT2D eigenvalue weighted by Gasteiger charge is 2.06. The zero-order chi connectivity index (χ0) is 9.42. The molecule has 0 fully saturated rings. The van der Waals surface area contributed by atoms with Crippen LogP contribution in [0.15, 0.2) is 31.6 Å². The van der Waals surface area contributed by atoms with E-state index in [0.717, 1.165) is 25.7 Å². The van der Waals surface area contributed by atoms with Gasteiger partial charge in [-0.1, -0.05) is 15.9 Å². The predicted molar refractivity (Wildman–Crippen MR) is 59.5 cm³/mol. The molecule has 2 aromatic rings. The highest BCUT2D eigenvalue weighted by molar-refractivity contribution is 9.11. The number of furan rings is 1. The normalized spacial score (nSPS) is 11.0. The van der Waals surface area contributed by atoms with Gasteiger partial charge in [0.25, 0.3) is 0 Å². The Morgan fingerprint density at radius 2 is 2.00 bits per heavy atom. The van der Waals surface area contributed by atoms with E-state index in [1.807, 2.05) is 18.2 Å². The molecule has 0 spiro atoms. The second-order valence-electron chi connectivity index (χ2n) is 2.72. The van der Waals surface area contributed by atoms with Crippen molar-refractivity contribution in [2.75, 3.05) is 0 Å². The van der Waals surface area contributed by atoms with Gasteiger partial charge in [-0.05, 0) is 34.1 Å². The zero-order valence-electron chi connectivity index (χ0n) is 6.68. The molecule has 13 heavy (non-hydrogen) atoms. The van der Waals surface area contributed by atoms with Gasteiger partial charge in [-0.15, -0.1) is 0 Å². The van der Waals surface area contributed by atoms with E-state index in [2.05, 4.69) is 31.9 Å². The molecule has 0 bridgehead atoms. The van der Waals surface area contributed by atoms with Crippen LogP contribution in [-0.2, 0) is 6.54 Å². The summed E-state index contributed by atoms with van der Waals surface area (Å²) < 4.78 is 7.48. The van der Waals surface area contributed by atoms with Crippen LogP contribution in [0.25, 0.3) is 11.0 Å². The number of benzene rings is 1. The average Bonchev–Trinajstić information content (AvgIpc) is 2.47. The number of hydrogen-bond donors (Lipinski definition) is 1. The van der Waals surface area contributed by atoms with Gasteiger partial charge < -0.3 is 10.2 Å². The van der Waals surface area contributed by atoms with Gasteiger partial charge in [-0.3, -0.25) is 0 Å². The number of fused-ring (bicyclic) bond motifs is 1. The van der Waals surface area contributed by atoms with Crippen LogP contribution >= 0.6 is 31.9 Å². The third kappa shape index (κ3) is 1.66. The molecule has 2 nitrogen and oxygen atoms in total. The lowest BCUT2D eigenvalue weighted by molar-refractivity contribution is 0.551. The summed E-state index contributed by atoms with van der Waals surface area (Å²) in [6, 6.07) is 5.90. The topological polar surface area (TPSA) is 39.2 Å². The van der Waals surface area contributed by atoms with Gasteiger partial charge in [-0.2, -0.15) is 0 Å². The third-order valence-corrected chi connectivity index (χ3v) is 2.83. The molecule has 0 radical (unpaired) electrons. The minimum atomic E-state index is 0.429. The molecule has 0 unspecified atom stereocenters.